The minimum absolute atomic E-state index is 0.000226. The molecule has 0 radical (unpaired) electrons. The van der Waals surface area contributed by atoms with E-state index >= 15 is 0 Å². The van der Waals surface area contributed by atoms with Crippen molar-refractivity contribution in [3.8, 4) is 5.69 Å². The van der Waals surface area contributed by atoms with Crippen LogP contribution in [-0.2, 0) is 25.9 Å². The molecule has 166 valence electrons. The van der Waals surface area contributed by atoms with Crippen LogP contribution in [-0.4, -0.2) is 72.6 Å². The molecule has 1 aromatic carbocycles. The van der Waals surface area contributed by atoms with Crippen molar-refractivity contribution in [3.05, 3.63) is 48.5 Å². The predicted molar refractivity (Wildman–Crippen MR) is 115 cm³/mol. The molecule has 8 nitrogen and oxygen atoms in total. The quantitative estimate of drug-likeness (QED) is 0.740. The Bertz CT molecular complexity index is 1020. The minimum atomic E-state index is -2.96. The van der Waals surface area contributed by atoms with Gasteiger partial charge in [0.2, 0.25) is 5.91 Å². The van der Waals surface area contributed by atoms with E-state index in [2.05, 4.69) is 39.5 Å². The van der Waals surface area contributed by atoms with E-state index in [0.29, 0.717) is 19.8 Å². The summed E-state index contributed by atoms with van der Waals surface area (Å²) in [5.74, 6) is -0.00648. The molecule has 1 unspecified atom stereocenters. The summed E-state index contributed by atoms with van der Waals surface area (Å²) in [5, 5.41) is 3.00. The van der Waals surface area contributed by atoms with E-state index in [9.17, 15) is 13.2 Å². The van der Waals surface area contributed by atoms with Crippen LogP contribution in [0, 0.1) is 11.3 Å². The van der Waals surface area contributed by atoms with Gasteiger partial charge in [0, 0.05) is 56.3 Å². The molecule has 1 aromatic heterocycles. The number of carbonyl (C=O) groups excluding carboxylic acids is 1. The number of aromatic nitrogens is 2. The summed E-state index contributed by atoms with van der Waals surface area (Å²) >= 11 is 0. The van der Waals surface area contributed by atoms with E-state index in [0.717, 1.165) is 31.6 Å². The molecule has 4 heterocycles. The third kappa shape index (κ3) is 4.26. The average molecular weight is 445 g/mol. The standard InChI is InChI=1S/C22H28N4O4S/c27-21(24-18-13-31(28,29)14-18)20-12-25(15-22(20)5-9-30-10-6-22)11-17-1-3-19(4-2-17)26-8-7-23-16-26/h1-4,7-8,16,18,20H,5-6,9-15H2,(H,24,27). The number of hydrogen-bond acceptors (Lipinski definition) is 6. The zero-order valence-corrected chi connectivity index (χ0v) is 18.3. The van der Waals surface area contributed by atoms with Crippen LogP contribution in [0.5, 0.6) is 0 Å². The highest BCUT2D eigenvalue weighted by molar-refractivity contribution is 7.92. The van der Waals surface area contributed by atoms with E-state index in [1.165, 1.54) is 5.56 Å². The molecule has 0 bridgehead atoms. The molecular formula is C22H28N4O4S. The van der Waals surface area contributed by atoms with Crippen molar-refractivity contribution in [2.45, 2.75) is 25.4 Å². The second kappa shape index (κ2) is 8.03. The third-order valence-corrected chi connectivity index (χ3v) is 8.75. The first-order valence-corrected chi connectivity index (χ1v) is 12.6. The second-order valence-electron chi connectivity index (χ2n) is 9.12. The van der Waals surface area contributed by atoms with Crippen LogP contribution in [0.1, 0.15) is 18.4 Å². The first kappa shape index (κ1) is 20.7. The predicted octanol–water partition coefficient (Wildman–Crippen LogP) is 1.01. The number of benzene rings is 1. The monoisotopic (exact) mass is 444 g/mol. The molecule has 1 N–H and O–H groups in total. The summed E-state index contributed by atoms with van der Waals surface area (Å²) in [5.41, 5.74) is 2.18. The van der Waals surface area contributed by atoms with Crippen molar-refractivity contribution < 1.29 is 17.9 Å². The highest BCUT2D eigenvalue weighted by Crippen LogP contribution is 2.45. The number of imidazole rings is 1. The highest BCUT2D eigenvalue weighted by atomic mass is 32.2. The van der Waals surface area contributed by atoms with Crippen molar-refractivity contribution in [1.82, 2.24) is 19.8 Å². The molecule has 1 amide bonds. The minimum Gasteiger partial charge on any atom is -0.381 e. The van der Waals surface area contributed by atoms with Gasteiger partial charge in [0.1, 0.15) is 0 Å². The SMILES string of the molecule is O=C(NC1CS(=O)(=O)C1)C1CN(Cc2ccc(-n3ccnc3)cc2)CC12CCOCC2. The van der Waals surface area contributed by atoms with Gasteiger partial charge in [-0.15, -0.1) is 0 Å². The number of likely N-dealkylation sites (tertiary alicyclic amines) is 1. The van der Waals surface area contributed by atoms with Crippen LogP contribution in [0.2, 0.25) is 0 Å². The fourth-order valence-electron chi connectivity index (χ4n) is 5.23. The largest absolute Gasteiger partial charge is 0.381 e. The maximum atomic E-state index is 13.1. The lowest BCUT2D eigenvalue weighted by molar-refractivity contribution is -0.130. The Morgan fingerprint density at radius 1 is 1.19 bits per heavy atom. The Morgan fingerprint density at radius 3 is 2.58 bits per heavy atom. The van der Waals surface area contributed by atoms with E-state index in [-0.39, 0.29) is 34.8 Å². The molecule has 0 saturated carbocycles. The summed E-state index contributed by atoms with van der Waals surface area (Å²) in [6, 6.07) is 8.17. The van der Waals surface area contributed by atoms with E-state index in [1.54, 1.807) is 12.5 Å². The van der Waals surface area contributed by atoms with Gasteiger partial charge in [-0.25, -0.2) is 13.4 Å². The van der Waals surface area contributed by atoms with E-state index in [1.807, 2.05) is 10.8 Å². The van der Waals surface area contributed by atoms with Crippen molar-refractivity contribution in [1.29, 1.82) is 0 Å². The number of sulfone groups is 1. The Labute approximate surface area is 182 Å². The van der Waals surface area contributed by atoms with Gasteiger partial charge in [0.25, 0.3) is 0 Å². The highest BCUT2D eigenvalue weighted by Gasteiger charge is 2.51. The topological polar surface area (TPSA) is 93.5 Å². The van der Waals surface area contributed by atoms with Gasteiger partial charge in [-0.05, 0) is 30.5 Å². The van der Waals surface area contributed by atoms with Crippen LogP contribution in [0.25, 0.3) is 5.69 Å². The molecule has 31 heavy (non-hydrogen) atoms. The molecule has 9 heteroatoms. The maximum absolute atomic E-state index is 13.1. The van der Waals surface area contributed by atoms with Crippen LogP contribution in [0.4, 0.5) is 0 Å². The molecule has 3 saturated heterocycles. The van der Waals surface area contributed by atoms with E-state index < -0.39 is 9.84 Å². The molecule has 5 rings (SSSR count). The Morgan fingerprint density at radius 2 is 1.94 bits per heavy atom. The first-order valence-electron chi connectivity index (χ1n) is 10.8. The summed E-state index contributed by atoms with van der Waals surface area (Å²) < 4.78 is 30.5. The maximum Gasteiger partial charge on any atom is 0.225 e. The fourth-order valence-corrected chi connectivity index (χ4v) is 6.53. The lowest BCUT2D eigenvalue weighted by atomic mass is 9.71. The number of hydrogen-bond donors (Lipinski definition) is 1. The van der Waals surface area contributed by atoms with Gasteiger partial charge in [-0.1, -0.05) is 12.1 Å². The molecule has 1 spiro atoms. The first-order chi connectivity index (χ1) is 14.9. The zero-order valence-electron chi connectivity index (χ0n) is 17.4. The average Bonchev–Trinajstić information content (AvgIpc) is 3.37. The summed E-state index contributed by atoms with van der Waals surface area (Å²) in [4.78, 5) is 19.6. The van der Waals surface area contributed by atoms with E-state index in [4.69, 9.17) is 4.74 Å². The Balaban J connectivity index is 1.27. The lowest BCUT2D eigenvalue weighted by Crippen LogP contribution is -2.56. The van der Waals surface area contributed by atoms with Crippen LogP contribution in [0.15, 0.2) is 43.0 Å². The summed E-state index contributed by atoms with van der Waals surface area (Å²) in [6.07, 6.45) is 7.19. The van der Waals surface area contributed by atoms with Gasteiger partial charge in [-0.3, -0.25) is 9.69 Å². The summed E-state index contributed by atoms with van der Waals surface area (Å²) in [7, 11) is -2.96. The van der Waals surface area contributed by atoms with Crippen molar-refractivity contribution in [2.24, 2.45) is 11.3 Å². The number of amides is 1. The smallest absolute Gasteiger partial charge is 0.225 e. The van der Waals surface area contributed by atoms with Gasteiger partial charge < -0.3 is 14.6 Å². The van der Waals surface area contributed by atoms with Crippen LogP contribution >= 0.6 is 0 Å². The number of nitrogens with one attached hydrogen (secondary N) is 1. The molecule has 2 aromatic rings. The number of carbonyl (C=O) groups is 1. The van der Waals surface area contributed by atoms with Crippen LogP contribution in [0.3, 0.4) is 0 Å². The Hall–Kier alpha value is -2.23. The van der Waals surface area contributed by atoms with Gasteiger partial charge in [0.05, 0.1) is 29.8 Å². The van der Waals surface area contributed by atoms with Gasteiger partial charge >= 0.3 is 0 Å². The number of rotatable bonds is 5. The molecule has 3 aliphatic heterocycles. The normalized spacial score (nSPS) is 25.4. The molecular weight excluding hydrogens is 416 g/mol. The summed E-state index contributed by atoms with van der Waals surface area (Å²) in [6.45, 7) is 3.69. The van der Waals surface area contributed by atoms with Gasteiger partial charge in [0.15, 0.2) is 9.84 Å². The van der Waals surface area contributed by atoms with Crippen molar-refractivity contribution in [2.75, 3.05) is 37.8 Å². The van der Waals surface area contributed by atoms with Crippen molar-refractivity contribution in [3.63, 3.8) is 0 Å². The molecule has 3 fully saturated rings. The van der Waals surface area contributed by atoms with Crippen LogP contribution < -0.4 is 5.32 Å². The van der Waals surface area contributed by atoms with Gasteiger partial charge in [-0.2, -0.15) is 0 Å². The second-order valence-corrected chi connectivity index (χ2v) is 11.3. The fraction of sp³-hybridized carbons (Fsp3) is 0.545. The number of ether oxygens (including phenoxy) is 1. The number of nitrogens with zero attached hydrogens (tertiary/aromatic N) is 3. The molecule has 3 aliphatic rings. The van der Waals surface area contributed by atoms with Crippen molar-refractivity contribution >= 4 is 15.7 Å². The lowest BCUT2D eigenvalue weighted by Gasteiger charge is -2.38. The Kier molecular flexibility index (Phi) is 5.35. The molecule has 1 atom stereocenters. The molecule has 0 aliphatic carbocycles. The third-order valence-electron chi connectivity index (χ3n) is 6.93. The zero-order chi connectivity index (χ0) is 21.5.